The Morgan fingerprint density at radius 3 is 1.70 bits per heavy atom. The first-order valence-electron chi connectivity index (χ1n) is 17.0. The second kappa shape index (κ2) is 12.7. The zero-order chi connectivity index (χ0) is 33.3. The highest BCUT2D eigenvalue weighted by Crippen LogP contribution is 2.45. The molecule has 0 spiro atoms. The summed E-state index contributed by atoms with van der Waals surface area (Å²) in [5.41, 5.74) is 13.5. The molecule has 0 saturated carbocycles. The van der Waals surface area contributed by atoms with E-state index in [9.17, 15) is 0 Å². The van der Waals surface area contributed by atoms with Crippen LogP contribution < -0.4 is 4.90 Å². The Kier molecular flexibility index (Phi) is 7.49. The summed E-state index contributed by atoms with van der Waals surface area (Å²) in [6, 6.07) is 69.2. The van der Waals surface area contributed by atoms with E-state index in [-0.39, 0.29) is 0 Å². The lowest BCUT2D eigenvalue weighted by Gasteiger charge is -2.28. The third-order valence-electron chi connectivity index (χ3n) is 9.39. The van der Waals surface area contributed by atoms with Gasteiger partial charge in [-0.25, -0.2) is 0 Å². The first kappa shape index (κ1) is 29.4. The van der Waals surface area contributed by atoms with Gasteiger partial charge in [-0.05, 0) is 95.1 Å². The van der Waals surface area contributed by atoms with E-state index < -0.39 is 0 Å². The summed E-state index contributed by atoms with van der Waals surface area (Å²) in [6.45, 7) is 0. The van der Waals surface area contributed by atoms with Gasteiger partial charge in [-0.1, -0.05) is 121 Å². The van der Waals surface area contributed by atoms with Crippen LogP contribution in [0.5, 0.6) is 0 Å². The Bertz CT molecular complexity index is 2520. The number of benzene rings is 7. The van der Waals surface area contributed by atoms with Crippen molar-refractivity contribution in [3.8, 4) is 39.2 Å². The van der Waals surface area contributed by atoms with Gasteiger partial charge >= 0.3 is 0 Å². The summed E-state index contributed by atoms with van der Waals surface area (Å²) in [6.07, 6.45) is 1.85. The van der Waals surface area contributed by atoms with Gasteiger partial charge in [0.15, 0.2) is 0 Å². The van der Waals surface area contributed by atoms with Crippen molar-refractivity contribution >= 4 is 38.9 Å². The minimum atomic E-state index is 0.957. The molecule has 0 amide bonds. The summed E-state index contributed by atoms with van der Waals surface area (Å²) in [5, 5.41) is 2.39. The second-order valence-corrected chi connectivity index (χ2v) is 12.5. The van der Waals surface area contributed by atoms with E-state index >= 15 is 0 Å². The third kappa shape index (κ3) is 5.32. The van der Waals surface area contributed by atoms with E-state index in [1.54, 1.807) is 0 Å². The van der Waals surface area contributed by atoms with Gasteiger partial charge < -0.3 is 9.47 Å². The monoisotopic (exact) mass is 639 g/mol. The predicted molar refractivity (Wildman–Crippen MR) is 210 cm³/mol. The van der Waals surface area contributed by atoms with Crippen LogP contribution in [0.1, 0.15) is 0 Å². The second-order valence-electron chi connectivity index (χ2n) is 12.5. The molecule has 0 bridgehead atoms. The maximum absolute atomic E-state index is 4.64. The number of hydrogen-bond acceptors (Lipinski definition) is 2. The van der Waals surface area contributed by atoms with Crippen LogP contribution in [0.4, 0.5) is 17.1 Å². The standard InChI is InChI=1S/C47H33N3/c1-4-16-34(17-5-1)37-30-38(35-18-6-2-7-19-35)33-41(32-37)49(39-21-8-3-9-22-39)45-27-15-28-46-47(45)42-24-10-11-26-44(42)50(46)40-23-14-20-36(31-40)43-25-12-13-29-48-43/h1-33H. The number of aromatic nitrogens is 2. The van der Waals surface area contributed by atoms with Crippen LogP contribution in [-0.2, 0) is 0 Å². The van der Waals surface area contributed by atoms with Crippen molar-refractivity contribution in [2.24, 2.45) is 0 Å². The lowest BCUT2D eigenvalue weighted by atomic mass is 9.97. The first-order chi connectivity index (χ1) is 24.8. The molecule has 0 N–H and O–H groups in total. The molecule has 0 radical (unpaired) electrons. The number of nitrogens with zero attached hydrogens (tertiary/aromatic N) is 3. The molecular formula is C47H33N3. The molecule has 0 atom stereocenters. The van der Waals surface area contributed by atoms with Gasteiger partial charge in [-0.15, -0.1) is 0 Å². The molecule has 236 valence electrons. The molecule has 0 fully saturated rings. The van der Waals surface area contributed by atoms with Gasteiger partial charge in [-0.2, -0.15) is 0 Å². The zero-order valence-electron chi connectivity index (χ0n) is 27.4. The fraction of sp³-hybridized carbons (Fsp3) is 0. The molecule has 0 unspecified atom stereocenters. The summed E-state index contributed by atoms with van der Waals surface area (Å²) in [4.78, 5) is 7.06. The number of rotatable bonds is 7. The van der Waals surface area contributed by atoms with Gasteiger partial charge in [0.2, 0.25) is 0 Å². The molecule has 2 aromatic heterocycles. The highest BCUT2D eigenvalue weighted by molar-refractivity contribution is 6.16. The fourth-order valence-corrected chi connectivity index (χ4v) is 7.14. The van der Waals surface area contributed by atoms with Crippen molar-refractivity contribution in [1.29, 1.82) is 0 Å². The first-order valence-corrected chi connectivity index (χ1v) is 17.0. The number of hydrogen-bond donors (Lipinski definition) is 0. The van der Waals surface area contributed by atoms with Crippen LogP contribution in [0.15, 0.2) is 200 Å². The molecule has 50 heavy (non-hydrogen) atoms. The molecule has 3 nitrogen and oxygen atoms in total. The fourth-order valence-electron chi connectivity index (χ4n) is 7.14. The molecular weight excluding hydrogens is 607 g/mol. The molecule has 0 aliphatic carbocycles. The highest BCUT2D eigenvalue weighted by Gasteiger charge is 2.22. The smallest absolute Gasteiger partial charge is 0.0702 e. The minimum absolute atomic E-state index is 0.957. The minimum Gasteiger partial charge on any atom is -0.310 e. The van der Waals surface area contributed by atoms with Crippen molar-refractivity contribution in [2.75, 3.05) is 4.90 Å². The summed E-state index contributed by atoms with van der Waals surface area (Å²) in [5.74, 6) is 0. The van der Waals surface area contributed by atoms with Gasteiger partial charge in [0, 0.05) is 39.6 Å². The predicted octanol–water partition coefficient (Wildman–Crippen LogP) is 12.6. The lowest BCUT2D eigenvalue weighted by Crippen LogP contribution is -2.11. The number of para-hydroxylation sites is 2. The van der Waals surface area contributed by atoms with Crippen LogP contribution in [-0.4, -0.2) is 9.55 Å². The van der Waals surface area contributed by atoms with E-state index in [4.69, 9.17) is 0 Å². The quantitative estimate of drug-likeness (QED) is 0.173. The SMILES string of the molecule is c1ccc(-c2cc(-c3ccccc3)cc(N(c3ccccc3)c3cccc4c3c3ccccc3n4-c3cccc(-c4ccccn4)c3)c2)cc1. The molecule has 9 rings (SSSR count). The molecule has 9 aromatic rings. The van der Waals surface area contributed by atoms with Crippen molar-refractivity contribution in [2.45, 2.75) is 0 Å². The van der Waals surface area contributed by atoms with Crippen molar-refractivity contribution < 1.29 is 0 Å². The van der Waals surface area contributed by atoms with Crippen LogP contribution in [0.25, 0.3) is 61.0 Å². The molecule has 0 aliphatic heterocycles. The number of pyridine rings is 1. The van der Waals surface area contributed by atoms with E-state index in [1.165, 1.54) is 33.0 Å². The molecule has 7 aromatic carbocycles. The van der Waals surface area contributed by atoms with E-state index in [0.29, 0.717) is 0 Å². The highest BCUT2D eigenvalue weighted by atomic mass is 15.1. The number of anilines is 3. The van der Waals surface area contributed by atoms with Gasteiger partial charge in [-0.3, -0.25) is 4.98 Å². The summed E-state index contributed by atoms with van der Waals surface area (Å²) < 4.78 is 2.39. The molecule has 0 aliphatic rings. The van der Waals surface area contributed by atoms with E-state index in [0.717, 1.165) is 45.0 Å². The topological polar surface area (TPSA) is 21.1 Å². The van der Waals surface area contributed by atoms with Crippen LogP contribution >= 0.6 is 0 Å². The average Bonchev–Trinajstić information content (AvgIpc) is 3.54. The summed E-state index contributed by atoms with van der Waals surface area (Å²) >= 11 is 0. The van der Waals surface area contributed by atoms with Gasteiger partial charge in [0.05, 0.1) is 22.4 Å². The van der Waals surface area contributed by atoms with Gasteiger partial charge in [0.25, 0.3) is 0 Å². The van der Waals surface area contributed by atoms with Crippen molar-refractivity contribution in [1.82, 2.24) is 9.55 Å². The average molecular weight is 640 g/mol. The molecule has 0 saturated heterocycles. The molecule has 2 heterocycles. The maximum atomic E-state index is 4.64. The Morgan fingerprint density at radius 1 is 0.400 bits per heavy atom. The zero-order valence-corrected chi connectivity index (χ0v) is 27.4. The van der Waals surface area contributed by atoms with E-state index in [2.05, 4.69) is 196 Å². The third-order valence-corrected chi connectivity index (χ3v) is 9.39. The normalized spacial score (nSPS) is 11.2. The Hall–Kier alpha value is -6.71. The maximum Gasteiger partial charge on any atom is 0.0702 e. The van der Waals surface area contributed by atoms with Crippen LogP contribution in [0.3, 0.4) is 0 Å². The van der Waals surface area contributed by atoms with Crippen LogP contribution in [0.2, 0.25) is 0 Å². The summed E-state index contributed by atoms with van der Waals surface area (Å²) in [7, 11) is 0. The lowest BCUT2D eigenvalue weighted by molar-refractivity contribution is 1.18. The van der Waals surface area contributed by atoms with Crippen LogP contribution in [0, 0.1) is 0 Å². The Morgan fingerprint density at radius 2 is 1.00 bits per heavy atom. The van der Waals surface area contributed by atoms with E-state index in [1.807, 2.05) is 18.3 Å². The Balaban J connectivity index is 1.32. The largest absolute Gasteiger partial charge is 0.310 e. The molecule has 3 heteroatoms. The van der Waals surface area contributed by atoms with Crippen molar-refractivity contribution in [3.05, 3.63) is 200 Å². The Labute approximate surface area is 292 Å². The number of fused-ring (bicyclic) bond motifs is 3. The van der Waals surface area contributed by atoms with Crippen molar-refractivity contribution in [3.63, 3.8) is 0 Å². The van der Waals surface area contributed by atoms with Gasteiger partial charge in [0.1, 0.15) is 0 Å².